The second-order valence-electron chi connectivity index (χ2n) is 19.6. The summed E-state index contributed by atoms with van der Waals surface area (Å²) in [6.45, 7) is 7.77. The van der Waals surface area contributed by atoms with Crippen LogP contribution in [0.3, 0.4) is 0 Å². The van der Waals surface area contributed by atoms with Gasteiger partial charge in [-0.15, -0.1) is 0 Å². The Labute approximate surface area is 410 Å². The van der Waals surface area contributed by atoms with Crippen LogP contribution in [0.25, 0.3) is 0 Å². The normalized spacial score (nSPS) is 29.1. The van der Waals surface area contributed by atoms with Gasteiger partial charge in [0.1, 0.15) is 30.0 Å². The van der Waals surface area contributed by atoms with Crippen LogP contribution in [0, 0.1) is 16.7 Å². The molecule has 2 saturated carbocycles. The first-order chi connectivity index (χ1) is 33.5. The average Bonchev–Trinajstić information content (AvgIpc) is 3.33. The third-order valence-electron chi connectivity index (χ3n) is 14.8. The molecule has 1 aliphatic heterocycles. The van der Waals surface area contributed by atoms with E-state index in [0.29, 0.717) is 5.56 Å². The van der Waals surface area contributed by atoms with E-state index in [0.717, 1.165) is 13.8 Å². The number of fused-ring (bicyclic) bond motifs is 5. The van der Waals surface area contributed by atoms with Crippen LogP contribution in [0.4, 0.5) is 0 Å². The maximum absolute atomic E-state index is 16.1. The highest BCUT2D eigenvalue weighted by atomic mass is 16.6. The molecule has 0 spiro atoms. The summed E-state index contributed by atoms with van der Waals surface area (Å²) in [6, 6.07) is 22.7. The van der Waals surface area contributed by atoms with Crippen LogP contribution in [0.2, 0.25) is 0 Å². The molecule has 3 fully saturated rings. The van der Waals surface area contributed by atoms with Crippen LogP contribution >= 0.6 is 0 Å². The molecular formula is C53H60N2O16. The van der Waals surface area contributed by atoms with Crippen LogP contribution in [0.1, 0.15) is 99.5 Å². The number of hydrogen-bond donors (Lipinski definition) is 3. The van der Waals surface area contributed by atoms with Crippen LogP contribution < -0.4 is 5.32 Å². The second kappa shape index (κ2) is 20.2. The van der Waals surface area contributed by atoms with E-state index in [1.807, 2.05) is 0 Å². The van der Waals surface area contributed by atoms with Gasteiger partial charge in [-0.05, 0) is 54.8 Å². The molecule has 0 radical (unpaired) electrons. The molecule has 3 aromatic carbocycles. The van der Waals surface area contributed by atoms with Crippen molar-refractivity contribution in [2.24, 2.45) is 16.7 Å². The number of esters is 5. The number of hydrogen-bond acceptors (Lipinski definition) is 16. The number of ketones is 1. The summed E-state index contributed by atoms with van der Waals surface area (Å²) in [4.78, 5) is 113. The first-order valence-corrected chi connectivity index (χ1v) is 23.4. The highest BCUT2D eigenvalue weighted by Gasteiger charge is 2.79. The van der Waals surface area contributed by atoms with Crippen molar-refractivity contribution in [2.75, 3.05) is 20.7 Å². The Kier molecular flexibility index (Phi) is 14.8. The number of carbonyl (C=O) groups is 8. The van der Waals surface area contributed by atoms with Crippen LogP contribution in [0.5, 0.6) is 0 Å². The van der Waals surface area contributed by atoms with Gasteiger partial charge in [0.25, 0.3) is 5.91 Å². The number of amides is 2. The number of rotatable bonds is 14. The molecule has 18 nitrogen and oxygen atoms in total. The molecule has 2 bridgehead atoms. The molecule has 1 heterocycles. The van der Waals surface area contributed by atoms with Gasteiger partial charge in [-0.1, -0.05) is 80.6 Å². The summed E-state index contributed by atoms with van der Waals surface area (Å²) in [7, 11) is 3.03. The number of nitrogens with one attached hydrogen (secondary N) is 1. The van der Waals surface area contributed by atoms with E-state index < -0.39 is 132 Å². The lowest BCUT2D eigenvalue weighted by molar-refractivity contribution is -0.346. The van der Waals surface area contributed by atoms with E-state index in [-0.39, 0.29) is 41.0 Å². The molecule has 11 atom stereocenters. The third kappa shape index (κ3) is 9.59. The molecular weight excluding hydrogens is 921 g/mol. The van der Waals surface area contributed by atoms with Gasteiger partial charge in [0.2, 0.25) is 5.91 Å². The molecule has 3 aliphatic carbocycles. The van der Waals surface area contributed by atoms with Crippen molar-refractivity contribution in [1.29, 1.82) is 0 Å². The SMILES string of the molecule is CC(=O)O[C@H]1C(=O)[C@]2(C)[C@@H](OC(=O)CCC(=O)N(C)C)C[C@H]3OC[C@@]3(OC(C)=O)[C@H]2[C@H](OC(=O)c2ccccc2)[C@]2(O)C[C@H](OC(=O)[C@H](O)[C@@H](NC(=O)c3ccccc3)c3ccccc3)C(C)=C1C2(C)C. The molecule has 2 amide bonds. The lowest BCUT2D eigenvalue weighted by Crippen LogP contribution is -2.82. The Morgan fingerprint density at radius 2 is 1.39 bits per heavy atom. The largest absolute Gasteiger partial charge is 0.461 e. The summed E-state index contributed by atoms with van der Waals surface area (Å²) in [5.41, 5.74) is -7.67. The molecule has 3 aromatic rings. The van der Waals surface area contributed by atoms with Crippen molar-refractivity contribution in [1.82, 2.24) is 10.2 Å². The van der Waals surface area contributed by atoms with Crippen molar-refractivity contribution in [2.45, 2.75) is 121 Å². The zero-order chi connectivity index (χ0) is 51.8. The first-order valence-electron chi connectivity index (χ1n) is 23.4. The predicted molar refractivity (Wildman–Crippen MR) is 249 cm³/mol. The fourth-order valence-electron chi connectivity index (χ4n) is 11.0. The second-order valence-corrected chi connectivity index (χ2v) is 19.6. The van der Waals surface area contributed by atoms with Crippen molar-refractivity contribution in [3.8, 4) is 0 Å². The Hall–Kier alpha value is -6.76. The number of ether oxygens (including phenoxy) is 6. The minimum Gasteiger partial charge on any atom is -0.461 e. The van der Waals surface area contributed by atoms with Gasteiger partial charge in [-0.25, -0.2) is 9.59 Å². The van der Waals surface area contributed by atoms with E-state index in [4.69, 9.17) is 28.4 Å². The summed E-state index contributed by atoms with van der Waals surface area (Å²) in [6.07, 6.45) is -11.7. The molecule has 0 aromatic heterocycles. The fraction of sp³-hybridized carbons (Fsp3) is 0.472. The number of Topliss-reactive ketones (excluding diaryl/α,β-unsaturated/α-hetero) is 1. The average molecular weight is 981 g/mol. The van der Waals surface area contributed by atoms with E-state index in [1.54, 1.807) is 78.9 Å². The molecule has 378 valence electrons. The standard InChI is InChI=1S/C53H60N2O16/c1-29-35(68-49(64)42(60)41(32-18-12-9-13-19-32)54-47(62)33-20-14-10-15-21-33)27-53(65)46(70-48(63)34-22-16-11-17-23-34)44-51(6,45(61)43(67-30(2)56)40(29)50(53,4)5)36(69-39(59)25-24-38(58)55(7)8)26-37-52(44,28-66-37)71-31(3)57/h9-23,35-37,41-44,46,60,65H,24-28H2,1-8H3,(H,54,62)/t35-,36-,37+,41-,42+,43+,44-,46-,51+,52-,53+/m0/s1. The summed E-state index contributed by atoms with van der Waals surface area (Å²) in [5, 5.41) is 28.6. The van der Waals surface area contributed by atoms with Gasteiger partial charge >= 0.3 is 29.8 Å². The summed E-state index contributed by atoms with van der Waals surface area (Å²) < 4.78 is 37.1. The molecule has 4 aliphatic rings. The Balaban J connectivity index is 1.41. The van der Waals surface area contributed by atoms with Gasteiger partial charge in [0.05, 0.1) is 36.0 Å². The molecule has 7 rings (SSSR count). The fourth-order valence-corrected chi connectivity index (χ4v) is 11.0. The highest BCUT2D eigenvalue weighted by Crippen LogP contribution is 2.65. The maximum Gasteiger partial charge on any atom is 0.338 e. The predicted octanol–water partition coefficient (Wildman–Crippen LogP) is 4.16. The van der Waals surface area contributed by atoms with Gasteiger partial charge in [-0.2, -0.15) is 0 Å². The highest BCUT2D eigenvalue weighted by molar-refractivity contribution is 5.96. The number of nitrogens with zero attached hydrogens (tertiary/aromatic N) is 1. The zero-order valence-electron chi connectivity index (χ0n) is 40.9. The minimum atomic E-state index is -2.50. The molecule has 1 saturated heterocycles. The third-order valence-corrected chi connectivity index (χ3v) is 14.8. The lowest BCUT2D eigenvalue weighted by Gasteiger charge is -2.67. The van der Waals surface area contributed by atoms with Gasteiger partial charge < -0.3 is 48.9 Å². The van der Waals surface area contributed by atoms with Crippen molar-refractivity contribution >= 4 is 47.4 Å². The Morgan fingerprint density at radius 1 is 0.803 bits per heavy atom. The Morgan fingerprint density at radius 3 is 1.94 bits per heavy atom. The summed E-state index contributed by atoms with van der Waals surface area (Å²) >= 11 is 0. The van der Waals surface area contributed by atoms with Crippen molar-refractivity contribution < 1.29 is 77.0 Å². The van der Waals surface area contributed by atoms with Gasteiger partial charge in [0, 0.05) is 58.2 Å². The molecule has 0 unspecified atom stereocenters. The van der Waals surface area contributed by atoms with E-state index >= 15 is 4.79 Å². The first kappa shape index (κ1) is 52.1. The molecule has 18 heteroatoms. The molecule has 71 heavy (non-hydrogen) atoms. The summed E-state index contributed by atoms with van der Waals surface area (Å²) in [5.74, 6) is -8.52. The van der Waals surface area contributed by atoms with Crippen LogP contribution in [-0.2, 0) is 57.2 Å². The number of aliphatic hydroxyl groups is 2. The lowest BCUT2D eigenvalue weighted by atomic mass is 9.44. The quantitative estimate of drug-likeness (QED) is 0.117. The van der Waals surface area contributed by atoms with E-state index in [9.17, 15) is 43.8 Å². The number of benzene rings is 3. The Bertz CT molecular complexity index is 2600. The van der Waals surface area contributed by atoms with Crippen molar-refractivity contribution in [3.63, 3.8) is 0 Å². The van der Waals surface area contributed by atoms with E-state index in [1.165, 1.54) is 58.8 Å². The van der Waals surface area contributed by atoms with Crippen LogP contribution in [-0.4, -0.2) is 131 Å². The minimum absolute atomic E-state index is 0.0208. The van der Waals surface area contributed by atoms with Gasteiger partial charge in [-0.3, -0.25) is 28.8 Å². The van der Waals surface area contributed by atoms with E-state index in [2.05, 4.69) is 5.32 Å². The topological polar surface area (TPSA) is 248 Å². The number of aliphatic hydroxyl groups excluding tert-OH is 1. The van der Waals surface area contributed by atoms with Crippen molar-refractivity contribution in [3.05, 3.63) is 119 Å². The zero-order valence-corrected chi connectivity index (χ0v) is 40.9. The smallest absolute Gasteiger partial charge is 0.338 e. The van der Waals surface area contributed by atoms with Gasteiger partial charge in [0.15, 0.2) is 23.6 Å². The maximum atomic E-state index is 16.1. The molecule has 3 N–H and O–H groups in total. The number of carbonyl (C=O) groups excluding carboxylic acids is 8. The van der Waals surface area contributed by atoms with Crippen LogP contribution in [0.15, 0.2) is 102 Å². The monoisotopic (exact) mass is 980 g/mol.